The lowest BCUT2D eigenvalue weighted by molar-refractivity contribution is 0.112. The smallest absolute Gasteiger partial charge is 0.150 e. The van der Waals surface area contributed by atoms with Crippen molar-refractivity contribution in [3.8, 4) is 5.75 Å². The molecule has 2 aromatic rings. The van der Waals surface area contributed by atoms with Gasteiger partial charge in [-0.1, -0.05) is 29.8 Å². The van der Waals surface area contributed by atoms with Crippen molar-refractivity contribution in [2.24, 2.45) is 0 Å². The Bertz CT molecular complexity index is 622. The van der Waals surface area contributed by atoms with Crippen LogP contribution in [0.1, 0.15) is 27.0 Å². The van der Waals surface area contributed by atoms with E-state index in [9.17, 15) is 4.79 Å². The van der Waals surface area contributed by atoms with Crippen LogP contribution in [-0.2, 0) is 13.1 Å². The van der Waals surface area contributed by atoms with Gasteiger partial charge >= 0.3 is 0 Å². The van der Waals surface area contributed by atoms with Crippen LogP contribution in [-0.4, -0.2) is 25.3 Å². The average molecular weight is 283 g/mol. The van der Waals surface area contributed by atoms with Crippen LogP contribution < -0.4 is 4.74 Å². The Morgan fingerprint density at radius 3 is 2.62 bits per heavy atom. The maximum absolute atomic E-state index is 10.9. The molecule has 0 saturated heterocycles. The lowest BCUT2D eigenvalue weighted by atomic mass is 10.1. The third-order valence-electron chi connectivity index (χ3n) is 3.42. The van der Waals surface area contributed by atoms with Gasteiger partial charge in [0, 0.05) is 24.2 Å². The van der Waals surface area contributed by atoms with Crippen LogP contribution in [0.3, 0.4) is 0 Å². The second kappa shape index (κ2) is 7.04. The van der Waals surface area contributed by atoms with Crippen LogP contribution >= 0.6 is 0 Å². The highest BCUT2D eigenvalue weighted by Crippen LogP contribution is 2.21. The number of methoxy groups -OCH3 is 1. The van der Waals surface area contributed by atoms with Gasteiger partial charge in [0.1, 0.15) is 12.0 Å². The van der Waals surface area contributed by atoms with E-state index in [2.05, 4.69) is 43.1 Å². The Kier molecular flexibility index (Phi) is 5.12. The van der Waals surface area contributed by atoms with Gasteiger partial charge in [0.05, 0.1) is 7.11 Å². The van der Waals surface area contributed by atoms with Gasteiger partial charge in [-0.2, -0.15) is 0 Å². The van der Waals surface area contributed by atoms with E-state index in [0.29, 0.717) is 5.56 Å². The third-order valence-corrected chi connectivity index (χ3v) is 3.42. The summed E-state index contributed by atoms with van der Waals surface area (Å²) < 4.78 is 5.37. The lowest BCUT2D eigenvalue weighted by Gasteiger charge is -2.19. The molecule has 0 fully saturated rings. The number of aryl methyl sites for hydroxylation is 1. The minimum Gasteiger partial charge on any atom is -0.496 e. The maximum atomic E-state index is 10.9. The Labute approximate surface area is 126 Å². The number of hydrogen-bond acceptors (Lipinski definition) is 3. The van der Waals surface area contributed by atoms with E-state index in [-0.39, 0.29) is 0 Å². The molecule has 3 nitrogen and oxygen atoms in total. The van der Waals surface area contributed by atoms with E-state index in [1.807, 2.05) is 12.1 Å². The highest BCUT2D eigenvalue weighted by molar-refractivity contribution is 5.75. The largest absolute Gasteiger partial charge is 0.496 e. The summed E-state index contributed by atoms with van der Waals surface area (Å²) in [6.45, 7) is 3.69. The van der Waals surface area contributed by atoms with Crippen LogP contribution in [0.25, 0.3) is 0 Å². The summed E-state index contributed by atoms with van der Waals surface area (Å²) in [7, 11) is 3.72. The fourth-order valence-electron chi connectivity index (χ4n) is 2.46. The summed E-state index contributed by atoms with van der Waals surface area (Å²) in [5.41, 5.74) is 4.25. The van der Waals surface area contributed by atoms with Crippen molar-refractivity contribution in [3.63, 3.8) is 0 Å². The molecule has 0 radical (unpaired) electrons. The Balaban J connectivity index is 2.11. The van der Waals surface area contributed by atoms with Gasteiger partial charge in [-0.15, -0.1) is 0 Å². The van der Waals surface area contributed by atoms with Crippen molar-refractivity contribution in [1.82, 2.24) is 4.90 Å². The van der Waals surface area contributed by atoms with Crippen LogP contribution in [0, 0.1) is 6.92 Å². The number of carbonyl (C=O) groups is 1. The van der Waals surface area contributed by atoms with E-state index >= 15 is 0 Å². The predicted molar refractivity (Wildman–Crippen MR) is 84.7 cm³/mol. The molecular formula is C18H21NO2. The zero-order valence-corrected chi connectivity index (χ0v) is 12.8. The van der Waals surface area contributed by atoms with Gasteiger partial charge < -0.3 is 4.74 Å². The summed E-state index contributed by atoms with van der Waals surface area (Å²) in [4.78, 5) is 13.1. The average Bonchev–Trinajstić information content (AvgIpc) is 2.47. The molecule has 3 heteroatoms. The number of nitrogens with zero attached hydrogens (tertiary/aromatic N) is 1. The van der Waals surface area contributed by atoms with E-state index in [1.165, 1.54) is 11.1 Å². The fraction of sp³-hybridized carbons (Fsp3) is 0.278. The SMILES string of the molecule is COc1ccc(C=O)cc1CN(C)Cc1cccc(C)c1. The number of hydrogen-bond donors (Lipinski definition) is 0. The van der Waals surface area contributed by atoms with Crippen molar-refractivity contribution < 1.29 is 9.53 Å². The molecule has 0 aliphatic heterocycles. The molecule has 0 amide bonds. The number of ether oxygens (including phenoxy) is 1. The van der Waals surface area contributed by atoms with Gasteiger partial charge in [0.2, 0.25) is 0 Å². The van der Waals surface area contributed by atoms with Crippen molar-refractivity contribution in [2.45, 2.75) is 20.0 Å². The lowest BCUT2D eigenvalue weighted by Crippen LogP contribution is -2.18. The molecule has 0 saturated carbocycles. The first-order valence-corrected chi connectivity index (χ1v) is 6.98. The van der Waals surface area contributed by atoms with Crippen LogP contribution in [0.2, 0.25) is 0 Å². The van der Waals surface area contributed by atoms with Gasteiger partial charge in [-0.3, -0.25) is 9.69 Å². The van der Waals surface area contributed by atoms with Crippen molar-refractivity contribution in [2.75, 3.05) is 14.2 Å². The molecule has 2 aromatic carbocycles. The summed E-state index contributed by atoms with van der Waals surface area (Å²) in [6, 6.07) is 14.0. The zero-order valence-electron chi connectivity index (χ0n) is 12.8. The highest BCUT2D eigenvalue weighted by Gasteiger charge is 2.08. The second-order valence-corrected chi connectivity index (χ2v) is 5.35. The standard InChI is InChI=1S/C18H21NO2/c1-14-5-4-6-15(9-14)11-19(2)12-17-10-16(13-20)7-8-18(17)21-3/h4-10,13H,11-12H2,1-3H3. The maximum Gasteiger partial charge on any atom is 0.150 e. The predicted octanol–water partition coefficient (Wildman–Crippen LogP) is 3.45. The van der Waals surface area contributed by atoms with Crippen LogP contribution in [0.15, 0.2) is 42.5 Å². The topological polar surface area (TPSA) is 29.5 Å². The van der Waals surface area contributed by atoms with E-state index in [0.717, 1.165) is 30.7 Å². The first kappa shape index (κ1) is 15.3. The van der Waals surface area contributed by atoms with Crippen molar-refractivity contribution in [3.05, 3.63) is 64.7 Å². The molecule has 0 N–H and O–H groups in total. The molecule has 110 valence electrons. The van der Waals surface area contributed by atoms with Crippen molar-refractivity contribution >= 4 is 6.29 Å². The summed E-state index contributed by atoms with van der Waals surface area (Å²) >= 11 is 0. The quantitative estimate of drug-likeness (QED) is 0.760. The van der Waals surface area contributed by atoms with Gasteiger partial charge in [-0.25, -0.2) is 0 Å². The summed E-state index contributed by atoms with van der Waals surface area (Å²) in [5, 5.41) is 0. The molecule has 0 atom stereocenters. The van der Waals surface area contributed by atoms with Gasteiger partial charge in [0.25, 0.3) is 0 Å². The van der Waals surface area contributed by atoms with Crippen LogP contribution in [0.5, 0.6) is 5.75 Å². The molecule has 0 heterocycles. The Morgan fingerprint density at radius 1 is 1.14 bits per heavy atom. The minimum absolute atomic E-state index is 0.676. The van der Waals surface area contributed by atoms with Gasteiger partial charge in [-0.05, 0) is 37.7 Å². The Hall–Kier alpha value is -2.13. The molecule has 2 rings (SSSR count). The monoisotopic (exact) mass is 283 g/mol. The first-order chi connectivity index (χ1) is 10.1. The molecule has 0 unspecified atom stereocenters. The van der Waals surface area contributed by atoms with Crippen molar-refractivity contribution in [1.29, 1.82) is 0 Å². The molecule has 0 aliphatic carbocycles. The van der Waals surface area contributed by atoms with E-state index < -0.39 is 0 Å². The second-order valence-electron chi connectivity index (χ2n) is 5.35. The van der Waals surface area contributed by atoms with E-state index in [4.69, 9.17) is 4.74 Å². The molecule has 0 aromatic heterocycles. The normalized spacial score (nSPS) is 10.7. The molecule has 21 heavy (non-hydrogen) atoms. The van der Waals surface area contributed by atoms with Gasteiger partial charge in [0.15, 0.2) is 0 Å². The number of benzene rings is 2. The third kappa shape index (κ3) is 4.17. The first-order valence-electron chi connectivity index (χ1n) is 6.98. The number of aldehydes is 1. The Morgan fingerprint density at radius 2 is 1.95 bits per heavy atom. The highest BCUT2D eigenvalue weighted by atomic mass is 16.5. The number of carbonyl (C=O) groups excluding carboxylic acids is 1. The molecule has 0 bridgehead atoms. The summed E-state index contributed by atoms with van der Waals surface area (Å²) in [5.74, 6) is 0.816. The van der Waals surface area contributed by atoms with Crippen LogP contribution in [0.4, 0.5) is 0 Å². The minimum atomic E-state index is 0.676. The van der Waals surface area contributed by atoms with E-state index in [1.54, 1.807) is 13.2 Å². The molecule has 0 aliphatic rings. The zero-order chi connectivity index (χ0) is 15.2. The summed E-state index contributed by atoms with van der Waals surface area (Å²) in [6.07, 6.45) is 0.865. The molecule has 0 spiro atoms. The number of rotatable bonds is 6. The molecular weight excluding hydrogens is 262 g/mol. The fourth-order valence-corrected chi connectivity index (χ4v) is 2.46.